The molecule has 0 aliphatic heterocycles. The van der Waals surface area contributed by atoms with Gasteiger partial charge in [-0.3, -0.25) is 0 Å². The quantitative estimate of drug-likeness (QED) is 0.922. The highest BCUT2D eigenvalue weighted by atomic mass is 19.1. The smallest absolute Gasteiger partial charge is 0.223 e. The van der Waals surface area contributed by atoms with Crippen molar-refractivity contribution in [2.45, 2.75) is 27.2 Å². The van der Waals surface area contributed by atoms with Crippen molar-refractivity contribution in [3.05, 3.63) is 41.1 Å². The van der Waals surface area contributed by atoms with Crippen LogP contribution < -0.4 is 5.32 Å². The second-order valence-corrected chi connectivity index (χ2v) is 4.71. The maximum atomic E-state index is 14.2. The second-order valence-electron chi connectivity index (χ2n) is 4.71. The van der Waals surface area contributed by atoms with Gasteiger partial charge < -0.3 is 5.32 Å². The summed E-state index contributed by atoms with van der Waals surface area (Å²) in [6, 6.07) is 2.68. The highest BCUT2D eigenvalue weighted by Crippen LogP contribution is 2.29. The average Bonchev–Trinajstić information content (AvgIpc) is 2.44. The molecule has 1 N–H and O–H groups in total. The maximum Gasteiger partial charge on any atom is 0.223 e. The number of anilines is 1. The van der Waals surface area contributed by atoms with E-state index in [1.165, 1.54) is 12.1 Å². The summed E-state index contributed by atoms with van der Waals surface area (Å²) in [5, 5.41) is 3.02. The van der Waals surface area contributed by atoms with E-state index < -0.39 is 11.6 Å². The molecular formula is C15H17F2N3. The maximum absolute atomic E-state index is 14.2. The minimum atomic E-state index is -0.614. The van der Waals surface area contributed by atoms with Crippen LogP contribution in [0, 0.1) is 25.5 Å². The Morgan fingerprint density at radius 3 is 2.60 bits per heavy atom. The summed E-state index contributed by atoms with van der Waals surface area (Å²) >= 11 is 0. The largest absolute Gasteiger partial charge is 0.354 e. The number of benzene rings is 1. The molecule has 0 radical (unpaired) electrons. The van der Waals surface area contributed by atoms with Gasteiger partial charge in [0.05, 0.1) is 11.3 Å². The van der Waals surface area contributed by atoms with Crippen LogP contribution in [0.15, 0.2) is 18.3 Å². The van der Waals surface area contributed by atoms with Gasteiger partial charge in [-0.05, 0) is 37.5 Å². The first-order valence-electron chi connectivity index (χ1n) is 6.57. The van der Waals surface area contributed by atoms with E-state index in [1.807, 2.05) is 6.92 Å². The van der Waals surface area contributed by atoms with E-state index in [0.717, 1.165) is 6.42 Å². The van der Waals surface area contributed by atoms with Gasteiger partial charge in [0.15, 0.2) is 0 Å². The molecule has 0 amide bonds. The van der Waals surface area contributed by atoms with Crippen molar-refractivity contribution < 1.29 is 8.78 Å². The van der Waals surface area contributed by atoms with Gasteiger partial charge >= 0.3 is 0 Å². The lowest BCUT2D eigenvalue weighted by molar-refractivity contribution is 0.582. The third-order valence-electron chi connectivity index (χ3n) is 3.03. The van der Waals surface area contributed by atoms with Gasteiger partial charge in [-0.15, -0.1) is 0 Å². The fourth-order valence-corrected chi connectivity index (χ4v) is 1.89. The van der Waals surface area contributed by atoms with Crippen LogP contribution in [0.5, 0.6) is 0 Å². The van der Waals surface area contributed by atoms with Crippen molar-refractivity contribution in [2.24, 2.45) is 0 Å². The van der Waals surface area contributed by atoms with Gasteiger partial charge in [0.1, 0.15) is 11.6 Å². The lowest BCUT2D eigenvalue weighted by Crippen LogP contribution is -2.06. The number of nitrogens with zero attached hydrogens (tertiary/aromatic N) is 2. The van der Waals surface area contributed by atoms with E-state index in [-0.39, 0.29) is 11.3 Å². The first kappa shape index (κ1) is 14.4. The third-order valence-corrected chi connectivity index (χ3v) is 3.03. The molecule has 20 heavy (non-hydrogen) atoms. The Hall–Kier alpha value is -2.04. The van der Waals surface area contributed by atoms with Crippen molar-refractivity contribution in [2.75, 3.05) is 11.9 Å². The number of halogens is 2. The van der Waals surface area contributed by atoms with Gasteiger partial charge in [-0.25, -0.2) is 18.7 Å². The predicted octanol–water partition coefficient (Wildman–Crippen LogP) is 3.86. The average molecular weight is 277 g/mol. The van der Waals surface area contributed by atoms with Crippen molar-refractivity contribution in [3.8, 4) is 11.3 Å². The molecular weight excluding hydrogens is 260 g/mol. The minimum Gasteiger partial charge on any atom is -0.354 e. The molecule has 0 bridgehead atoms. The van der Waals surface area contributed by atoms with Gasteiger partial charge in [-0.1, -0.05) is 13.0 Å². The molecule has 1 aromatic carbocycles. The minimum absolute atomic E-state index is 0.0931. The molecule has 1 heterocycles. The number of aromatic nitrogens is 2. The van der Waals surface area contributed by atoms with E-state index in [9.17, 15) is 8.78 Å². The normalized spacial score (nSPS) is 10.7. The summed E-state index contributed by atoms with van der Waals surface area (Å²) in [6.07, 6.45) is 2.49. The van der Waals surface area contributed by atoms with E-state index in [0.29, 0.717) is 23.6 Å². The van der Waals surface area contributed by atoms with Gasteiger partial charge in [0, 0.05) is 12.7 Å². The van der Waals surface area contributed by atoms with Gasteiger partial charge in [-0.2, -0.15) is 0 Å². The fraction of sp³-hybridized carbons (Fsp3) is 0.333. The van der Waals surface area contributed by atoms with E-state index in [4.69, 9.17) is 0 Å². The van der Waals surface area contributed by atoms with Crippen molar-refractivity contribution in [1.82, 2.24) is 9.97 Å². The van der Waals surface area contributed by atoms with Crippen molar-refractivity contribution >= 4 is 5.95 Å². The zero-order chi connectivity index (χ0) is 14.7. The molecule has 2 aromatic rings. The highest BCUT2D eigenvalue weighted by Gasteiger charge is 2.17. The standard InChI is InChI=1S/C15H17F2N3/c1-4-7-18-15-19-8-10(3)14(20-15)12-11(16)6-5-9(2)13(12)17/h5-6,8H,4,7H2,1-3H3,(H,18,19,20). The zero-order valence-corrected chi connectivity index (χ0v) is 11.8. The topological polar surface area (TPSA) is 37.8 Å². The molecule has 0 fully saturated rings. The SMILES string of the molecule is CCCNc1ncc(C)c(-c2c(F)ccc(C)c2F)n1. The molecule has 2 rings (SSSR count). The van der Waals surface area contributed by atoms with Crippen LogP contribution in [-0.4, -0.2) is 16.5 Å². The van der Waals surface area contributed by atoms with Gasteiger partial charge in [0.25, 0.3) is 0 Å². The number of hydrogen-bond donors (Lipinski definition) is 1. The summed E-state index contributed by atoms with van der Waals surface area (Å²) in [4.78, 5) is 8.36. The Morgan fingerprint density at radius 1 is 1.15 bits per heavy atom. The molecule has 106 valence electrons. The number of rotatable bonds is 4. The van der Waals surface area contributed by atoms with Crippen LogP contribution in [0.25, 0.3) is 11.3 Å². The molecule has 0 aliphatic carbocycles. The van der Waals surface area contributed by atoms with Crippen molar-refractivity contribution in [1.29, 1.82) is 0 Å². The third kappa shape index (κ3) is 2.76. The lowest BCUT2D eigenvalue weighted by atomic mass is 10.0. The molecule has 1 aromatic heterocycles. The summed E-state index contributed by atoms with van der Waals surface area (Å²) in [7, 11) is 0. The summed E-state index contributed by atoms with van der Waals surface area (Å²) < 4.78 is 28.2. The molecule has 0 saturated carbocycles. The molecule has 0 atom stereocenters. The highest BCUT2D eigenvalue weighted by molar-refractivity contribution is 5.66. The molecule has 5 heteroatoms. The molecule has 0 spiro atoms. The van der Waals surface area contributed by atoms with Crippen LogP contribution in [0.4, 0.5) is 14.7 Å². The number of nitrogens with one attached hydrogen (secondary N) is 1. The van der Waals surface area contributed by atoms with E-state index in [2.05, 4.69) is 15.3 Å². The fourth-order valence-electron chi connectivity index (χ4n) is 1.89. The molecule has 3 nitrogen and oxygen atoms in total. The van der Waals surface area contributed by atoms with Crippen LogP contribution in [0.3, 0.4) is 0 Å². The number of aryl methyl sites for hydroxylation is 2. The number of hydrogen-bond acceptors (Lipinski definition) is 3. The summed E-state index contributed by atoms with van der Waals surface area (Å²) in [5.74, 6) is -0.808. The summed E-state index contributed by atoms with van der Waals surface area (Å²) in [5.41, 5.74) is 1.22. The Balaban J connectivity index is 2.54. The first-order valence-corrected chi connectivity index (χ1v) is 6.57. The van der Waals surface area contributed by atoms with Crippen LogP contribution >= 0.6 is 0 Å². The Bertz CT molecular complexity index is 627. The predicted molar refractivity (Wildman–Crippen MR) is 75.6 cm³/mol. The Morgan fingerprint density at radius 2 is 1.90 bits per heavy atom. The molecule has 0 unspecified atom stereocenters. The Labute approximate surface area is 117 Å². The summed E-state index contributed by atoms with van der Waals surface area (Å²) in [6.45, 7) is 6.06. The van der Waals surface area contributed by atoms with Crippen LogP contribution in [0.1, 0.15) is 24.5 Å². The second kappa shape index (κ2) is 5.94. The Kier molecular flexibility index (Phi) is 4.27. The van der Waals surface area contributed by atoms with Crippen molar-refractivity contribution in [3.63, 3.8) is 0 Å². The molecule has 0 saturated heterocycles. The van der Waals surface area contributed by atoms with E-state index in [1.54, 1.807) is 20.0 Å². The lowest BCUT2D eigenvalue weighted by Gasteiger charge is -2.11. The van der Waals surface area contributed by atoms with Gasteiger partial charge in [0.2, 0.25) is 5.95 Å². The molecule has 0 aliphatic rings. The first-order chi connectivity index (χ1) is 9.54. The van der Waals surface area contributed by atoms with Crippen LogP contribution in [0.2, 0.25) is 0 Å². The van der Waals surface area contributed by atoms with Crippen LogP contribution in [-0.2, 0) is 0 Å². The van der Waals surface area contributed by atoms with E-state index >= 15 is 0 Å². The zero-order valence-electron chi connectivity index (χ0n) is 11.8. The monoisotopic (exact) mass is 277 g/mol.